The highest BCUT2D eigenvalue weighted by Crippen LogP contribution is 2.16. The number of aromatic nitrogens is 3. The van der Waals surface area contributed by atoms with Crippen molar-refractivity contribution in [1.29, 1.82) is 0 Å². The standard InChI is InChI=1S/C17H24N4O/c1-5-15-12(3)20-21(13(15)4)11-17(22)19-16(6-2)14-7-9-18-10-8-14/h7-10,16H,5-6,11H2,1-4H3,(H,19,22)/t16-/m1/s1. The van der Waals surface area contributed by atoms with E-state index in [0.29, 0.717) is 0 Å². The molecule has 118 valence electrons. The van der Waals surface area contributed by atoms with E-state index in [9.17, 15) is 4.79 Å². The van der Waals surface area contributed by atoms with Crippen LogP contribution in [0.4, 0.5) is 0 Å². The van der Waals surface area contributed by atoms with Crippen LogP contribution in [-0.4, -0.2) is 20.7 Å². The molecule has 0 aliphatic heterocycles. The van der Waals surface area contributed by atoms with E-state index in [4.69, 9.17) is 0 Å². The first-order chi connectivity index (χ1) is 10.6. The van der Waals surface area contributed by atoms with E-state index >= 15 is 0 Å². The number of hydrogen-bond acceptors (Lipinski definition) is 3. The smallest absolute Gasteiger partial charge is 0.242 e. The van der Waals surface area contributed by atoms with E-state index in [1.807, 2.05) is 26.0 Å². The highest BCUT2D eigenvalue weighted by atomic mass is 16.2. The third kappa shape index (κ3) is 3.53. The van der Waals surface area contributed by atoms with Gasteiger partial charge >= 0.3 is 0 Å². The Morgan fingerprint density at radius 2 is 1.95 bits per heavy atom. The molecule has 0 saturated carbocycles. The number of nitrogens with one attached hydrogen (secondary N) is 1. The zero-order chi connectivity index (χ0) is 16.1. The van der Waals surface area contributed by atoms with E-state index in [2.05, 4.69) is 29.2 Å². The summed E-state index contributed by atoms with van der Waals surface area (Å²) in [5, 5.41) is 7.55. The fourth-order valence-electron chi connectivity index (χ4n) is 2.79. The van der Waals surface area contributed by atoms with Gasteiger partial charge in [-0.3, -0.25) is 14.5 Å². The van der Waals surface area contributed by atoms with Crippen molar-refractivity contribution in [2.24, 2.45) is 0 Å². The molecule has 0 spiro atoms. The van der Waals surface area contributed by atoms with Crippen LogP contribution in [0.15, 0.2) is 24.5 Å². The number of nitrogens with zero attached hydrogens (tertiary/aromatic N) is 3. The first-order valence-electron chi connectivity index (χ1n) is 7.78. The third-order valence-electron chi connectivity index (χ3n) is 4.03. The fourth-order valence-corrected chi connectivity index (χ4v) is 2.79. The van der Waals surface area contributed by atoms with Gasteiger partial charge in [0.15, 0.2) is 0 Å². The van der Waals surface area contributed by atoms with Crippen LogP contribution in [0.1, 0.15) is 48.8 Å². The average Bonchev–Trinajstić information content (AvgIpc) is 2.79. The van der Waals surface area contributed by atoms with Gasteiger partial charge in [0.1, 0.15) is 6.54 Å². The molecule has 0 aliphatic carbocycles. The number of amides is 1. The highest BCUT2D eigenvalue weighted by molar-refractivity contribution is 5.76. The molecule has 0 aliphatic rings. The van der Waals surface area contributed by atoms with Crippen molar-refractivity contribution >= 4 is 5.91 Å². The predicted octanol–water partition coefficient (Wildman–Crippen LogP) is 2.72. The Kier molecular flexibility index (Phi) is 5.31. The lowest BCUT2D eigenvalue weighted by atomic mass is 10.1. The molecule has 0 fully saturated rings. The molecule has 2 heterocycles. The molecule has 5 nitrogen and oxygen atoms in total. The molecule has 1 amide bonds. The molecule has 0 bridgehead atoms. The van der Waals surface area contributed by atoms with Gasteiger partial charge in [0.05, 0.1) is 11.7 Å². The number of hydrogen-bond donors (Lipinski definition) is 1. The Morgan fingerprint density at radius 1 is 1.27 bits per heavy atom. The molecular weight excluding hydrogens is 276 g/mol. The first kappa shape index (κ1) is 16.2. The van der Waals surface area contributed by atoms with Crippen molar-refractivity contribution in [2.45, 2.75) is 53.1 Å². The van der Waals surface area contributed by atoms with Crippen LogP contribution in [0.3, 0.4) is 0 Å². The van der Waals surface area contributed by atoms with Gasteiger partial charge in [-0.2, -0.15) is 5.10 Å². The van der Waals surface area contributed by atoms with Crippen LogP contribution < -0.4 is 5.32 Å². The van der Waals surface area contributed by atoms with Crippen molar-refractivity contribution < 1.29 is 4.79 Å². The maximum Gasteiger partial charge on any atom is 0.242 e. The first-order valence-corrected chi connectivity index (χ1v) is 7.78. The van der Waals surface area contributed by atoms with Gasteiger partial charge in [-0.15, -0.1) is 0 Å². The summed E-state index contributed by atoms with van der Waals surface area (Å²) in [5.74, 6) is -0.0167. The van der Waals surface area contributed by atoms with E-state index in [1.165, 1.54) is 5.56 Å². The fraction of sp³-hybridized carbons (Fsp3) is 0.471. The van der Waals surface area contributed by atoms with E-state index < -0.39 is 0 Å². The number of carbonyl (C=O) groups excluding carboxylic acids is 1. The topological polar surface area (TPSA) is 59.8 Å². The summed E-state index contributed by atoms with van der Waals surface area (Å²) in [7, 11) is 0. The normalized spacial score (nSPS) is 12.2. The maximum atomic E-state index is 12.3. The number of rotatable bonds is 6. The van der Waals surface area contributed by atoms with Gasteiger partial charge < -0.3 is 5.32 Å². The summed E-state index contributed by atoms with van der Waals surface area (Å²) < 4.78 is 1.79. The molecule has 1 N–H and O–H groups in total. The van der Waals surface area contributed by atoms with Gasteiger partial charge in [-0.25, -0.2) is 0 Å². The Bertz CT molecular complexity index is 634. The van der Waals surface area contributed by atoms with Gasteiger partial charge in [0.25, 0.3) is 0 Å². The maximum absolute atomic E-state index is 12.3. The van der Waals surface area contributed by atoms with E-state index in [1.54, 1.807) is 17.1 Å². The predicted molar refractivity (Wildman–Crippen MR) is 86.5 cm³/mol. The van der Waals surface area contributed by atoms with Crippen molar-refractivity contribution in [1.82, 2.24) is 20.1 Å². The summed E-state index contributed by atoms with van der Waals surface area (Å²) in [5.41, 5.74) is 4.39. The lowest BCUT2D eigenvalue weighted by molar-refractivity contribution is -0.122. The average molecular weight is 300 g/mol. The van der Waals surface area contributed by atoms with Crippen LogP contribution in [0.5, 0.6) is 0 Å². The molecule has 5 heteroatoms. The Morgan fingerprint density at radius 3 is 2.50 bits per heavy atom. The Balaban J connectivity index is 2.06. The van der Waals surface area contributed by atoms with E-state index in [0.717, 1.165) is 29.8 Å². The molecule has 0 radical (unpaired) electrons. The molecule has 2 aromatic rings. The molecule has 2 aromatic heterocycles. The van der Waals surface area contributed by atoms with Gasteiger partial charge in [0, 0.05) is 18.1 Å². The quantitative estimate of drug-likeness (QED) is 0.892. The summed E-state index contributed by atoms with van der Waals surface area (Å²) in [4.78, 5) is 16.3. The molecule has 22 heavy (non-hydrogen) atoms. The molecule has 0 unspecified atom stereocenters. The zero-order valence-electron chi connectivity index (χ0n) is 13.8. The lowest BCUT2D eigenvalue weighted by Crippen LogP contribution is -2.32. The minimum atomic E-state index is -0.0167. The SMILES string of the molecule is CCc1c(C)nn(CC(=O)N[C@H](CC)c2ccncc2)c1C. The lowest BCUT2D eigenvalue weighted by Gasteiger charge is -2.17. The minimum absolute atomic E-state index is 0.0121. The molecule has 2 rings (SSSR count). The monoisotopic (exact) mass is 300 g/mol. The van der Waals surface area contributed by atoms with Crippen LogP contribution in [0, 0.1) is 13.8 Å². The Hall–Kier alpha value is -2.17. The second-order valence-electron chi connectivity index (χ2n) is 5.47. The molecular formula is C17H24N4O. The number of aryl methyl sites for hydroxylation is 1. The summed E-state index contributed by atoms with van der Waals surface area (Å²) in [6, 6.07) is 3.89. The third-order valence-corrected chi connectivity index (χ3v) is 4.03. The van der Waals surface area contributed by atoms with Crippen molar-refractivity contribution in [3.63, 3.8) is 0 Å². The highest BCUT2D eigenvalue weighted by Gasteiger charge is 2.16. The summed E-state index contributed by atoms with van der Waals surface area (Å²) in [6.45, 7) is 8.44. The largest absolute Gasteiger partial charge is 0.348 e. The van der Waals surface area contributed by atoms with Gasteiger partial charge in [-0.1, -0.05) is 13.8 Å². The Labute approximate surface area is 131 Å². The second kappa shape index (κ2) is 7.20. The minimum Gasteiger partial charge on any atom is -0.348 e. The molecule has 1 atom stereocenters. The van der Waals surface area contributed by atoms with Gasteiger partial charge in [-0.05, 0) is 49.9 Å². The van der Waals surface area contributed by atoms with Gasteiger partial charge in [0.2, 0.25) is 5.91 Å². The molecule has 0 saturated heterocycles. The number of carbonyl (C=O) groups is 1. The van der Waals surface area contributed by atoms with Crippen LogP contribution in [0.25, 0.3) is 0 Å². The van der Waals surface area contributed by atoms with Crippen molar-refractivity contribution in [2.75, 3.05) is 0 Å². The van der Waals surface area contributed by atoms with Crippen LogP contribution in [-0.2, 0) is 17.8 Å². The van der Waals surface area contributed by atoms with Crippen LogP contribution in [0.2, 0.25) is 0 Å². The van der Waals surface area contributed by atoms with Crippen molar-refractivity contribution in [3.05, 3.63) is 47.0 Å². The summed E-state index contributed by atoms with van der Waals surface area (Å²) in [6.07, 6.45) is 5.28. The number of pyridine rings is 1. The van der Waals surface area contributed by atoms with E-state index in [-0.39, 0.29) is 18.5 Å². The second-order valence-corrected chi connectivity index (χ2v) is 5.47. The summed E-state index contributed by atoms with van der Waals surface area (Å²) >= 11 is 0. The van der Waals surface area contributed by atoms with Crippen LogP contribution >= 0.6 is 0 Å². The zero-order valence-corrected chi connectivity index (χ0v) is 13.8. The molecule has 0 aromatic carbocycles. The van der Waals surface area contributed by atoms with Crippen molar-refractivity contribution in [3.8, 4) is 0 Å².